The third-order valence-electron chi connectivity index (χ3n) is 3.00. The largest absolute Gasteiger partial charge is 0.466 e. The topological polar surface area (TPSA) is 42.2 Å². The van der Waals surface area contributed by atoms with Gasteiger partial charge in [-0.2, -0.15) is 0 Å². The van der Waals surface area contributed by atoms with E-state index >= 15 is 0 Å². The van der Waals surface area contributed by atoms with Crippen LogP contribution in [0.5, 0.6) is 0 Å². The predicted molar refractivity (Wildman–Crippen MR) is 75.5 cm³/mol. The zero-order chi connectivity index (χ0) is 14.0. The molecule has 0 radical (unpaired) electrons. The Morgan fingerprint density at radius 2 is 1.89 bits per heavy atom. The summed E-state index contributed by atoms with van der Waals surface area (Å²) < 4.78 is 5.36. The molecule has 1 aromatic heterocycles. The van der Waals surface area contributed by atoms with E-state index < -0.39 is 0 Å². The molecule has 1 aromatic carbocycles. The zero-order valence-electron chi connectivity index (χ0n) is 11.2. The fourth-order valence-corrected chi connectivity index (χ4v) is 2.09. The first-order valence-corrected chi connectivity index (χ1v) is 6.48. The van der Waals surface area contributed by atoms with E-state index in [-0.39, 0.29) is 11.9 Å². The van der Waals surface area contributed by atoms with Gasteiger partial charge in [0.25, 0.3) is 5.91 Å². The molecule has 2 aromatic rings. The van der Waals surface area contributed by atoms with Gasteiger partial charge in [-0.25, -0.2) is 0 Å². The molecule has 0 bridgehead atoms. The summed E-state index contributed by atoms with van der Waals surface area (Å²) >= 11 is 5.84. The molecule has 0 unspecified atom stereocenters. The smallest absolute Gasteiger partial charge is 0.255 e. The van der Waals surface area contributed by atoms with E-state index in [2.05, 4.69) is 5.32 Å². The van der Waals surface area contributed by atoms with Crippen molar-refractivity contribution in [1.82, 2.24) is 5.32 Å². The first-order valence-electron chi connectivity index (χ1n) is 6.10. The Balaban J connectivity index is 2.10. The highest BCUT2D eigenvalue weighted by Gasteiger charge is 2.16. The molecule has 0 aliphatic carbocycles. The van der Waals surface area contributed by atoms with Crippen molar-refractivity contribution in [3.05, 3.63) is 58.0 Å². The number of carbonyl (C=O) groups is 1. The van der Waals surface area contributed by atoms with Crippen LogP contribution >= 0.6 is 11.6 Å². The van der Waals surface area contributed by atoms with Crippen molar-refractivity contribution in [2.24, 2.45) is 0 Å². The minimum Gasteiger partial charge on any atom is -0.466 e. The fourth-order valence-electron chi connectivity index (χ4n) is 1.97. The molecule has 0 aliphatic heterocycles. The van der Waals surface area contributed by atoms with Gasteiger partial charge in [0.2, 0.25) is 0 Å². The Hall–Kier alpha value is -1.74. The van der Waals surface area contributed by atoms with Gasteiger partial charge in [0.1, 0.15) is 11.5 Å². The number of rotatable bonds is 3. The quantitative estimate of drug-likeness (QED) is 0.920. The molecule has 1 atom stereocenters. The first-order chi connectivity index (χ1) is 8.97. The van der Waals surface area contributed by atoms with Crippen LogP contribution in [-0.4, -0.2) is 5.91 Å². The lowest BCUT2D eigenvalue weighted by atomic mass is 10.1. The van der Waals surface area contributed by atoms with E-state index in [0.717, 1.165) is 11.3 Å². The monoisotopic (exact) mass is 277 g/mol. The van der Waals surface area contributed by atoms with E-state index in [4.69, 9.17) is 16.0 Å². The van der Waals surface area contributed by atoms with Crippen LogP contribution in [0.15, 0.2) is 34.7 Å². The molecule has 0 saturated carbocycles. The number of aryl methyl sites for hydroxylation is 2. The highest BCUT2D eigenvalue weighted by Crippen LogP contribution is 2.18. The molecule has 1 amide bonds. The normalized spacial score (nSPS) is 12.2. The van der Waals surface area contributed by atoms with Crippen LogP contribution in [0.2, 0.25) is 5.02 Å². The van der Waals surface area contributed by atoms with Crippen LogP contribution in [0, 0.1) is 13.8 Å². The summed E-state index contributed by atoms with van der Waals surface area (Å²) in [5, 5.41) is 3.63. The summed E-state index contributed by atoms with van der Waals surface area (Å²) in [6.07, 6.45) is 0. The number of carbonyl (C=O) groups excluding carboxylic acids is 1. The van der Waals surface area contributed by atoms with Crippen molar-refractivity contribution in [2.45, 2.75) is 26.8 Å². The van der Waals surface area contributed by atoms with Crippen molar-refractivity contribution in [3.63, 3.8) is 0 Å². The van der Waals surface area contributed by atoms with Crippen molar-refractivity contribution in [2.75, 3.05) is 0 Å². The lowest BCUT2D eigenvalue weighted by molar-refractivity contribution is 0.0938. The van der Waals surface area contributed by atoms with Crippen molar-refractivity contribution >= 4 is 17.5 Å². The predicted octanol–water partition coefficient (Wildman–Crippen LogP) is 4.04. The molecular weight excluding hydrogens is 262 g/mol. The van der Waals surface area contributed by atoms with Gasteiger partial charge in [0, 0.05) is 5.02 Å². The summed E-state index contributed by atoms with van der Waals surface area (Å²) in [5.41, 5.74) is 1.59. The molecule has 0 aliphatic rings. The molecule has 0 saturated heterocycles. The third-order valence-corrected chi connectivity index (χ3v) is 3.26. The Morgan fingerprint density at radius 1 is 1.26 bits per heavy atom. The number of hydrogen-bond acceptors (Lipinski definition) is 2. The second kappa shape index (κ2) is 5.49. The maximum Gasteiger partial charge on any atom is 0.255 e. The summed E-state index contributed by atoms with van der Waals surface area (Å²) in [5.74, 6) is 1.25. The number of benzene rings is 1. The molecule has 19 heavy (non-hydrogen) atoms. The molecule has 100 valence electrons. The number of nitrogens with one attached hydrogen (secondary N) is 1. The summed E-state index contributed by atoms with van der Waals surface area (Å²) in [4.78, 5) is 12.1. The minimum atomic E-state index is -0.128. The average molecular weight is 278 g/mol. The highest BCUT2D eigenvalue weighted by atomic mass is 35.5. The Labute approximate surface area is 117 Å². The summed E-state index contributed by atoms with van der Waals surface area (Å²) in [6.45, 7) is 5.55. The SMILES string of the molecule is Cc1cc(C(=O)N[C@H](C)c2ccc(Cl)cc2)c(C)o1. The van der Waals surface area contributed by atoms with Gasteiger partial charge in [-0.15, -0.1) is 0 Å². The average Bonchev–Trinajstić information content (AvgIpc) is 2.69. The fraction of sp³-hybridized carbons (Fsp3) is 0.267. The van der Waals surface area contributed by atoms with Crippen LogP contribution < -0.4 is 5.32 Å². The Bertz CT molecular complexity index is 587. The zero-order valence-corrected chi connectivity index (χ0v) is 11.9. The van der Waals surface area contributed by atoms with Gasteiger partial charge in [-0.05, 0) is 44.5 Å². The van der Waals surface area contributed by atoms with E-state index in [1.54, 1.807) is 13.0 Å². The van der Waals surface area contributed by atoms with Gasteiger partial charge in [0.05, 0.1) is 11.6 Å². The van der Waals surface area contributed by atoms with Gasteiger partial charge < -0.3 is 9.73 Å². The lowest BCUT2D eigenvalue weighted by Crippen LogP contribution is -2.26. The van der Waals surface area contributed by atoms with Gasteiger partial charge in [-0.1, -0.05) is 23.7 Å². The Kier molecular flexibility index (Phi) is 3.96. The number of amides is 1. The van der Waals surface area contributed by atoms with E-state index in [1.165, 1.54) is 0 Å². The number of halogens is 1. The molecular formula is C15H16ClNO2. The molecule has 2 rings (SSSR count). The molecule has 1 N–H and O–H groups in total. The van der Waals surface area contributed by atoms with Gasteiger partial charge >= 0.3 is 0 Å². The standard InChI is InChI=1S/C15H16ClNO2/c1-9-8-14(11(3)19-9)15(18)17-10(2)12-4-6-13(16)7-5-12/h4-8,10H,1-3H3,(H,17,18)/t10-/m1/s1. The van der Waals surface area contributed by atoms with Crippen LogP contribution in [0.3, 0.4) is 0 Å². The van der Waals surface area contributed by atoms with Crippen molar-refractivity contribution < 1.29 is 9.21 Å². The highest BCUT2D eigenvalue weighted by molar-refractivity contribution is 6.30. The van der Waals surface area contributed by atoms with Crippen LogP contribution in [0.25, 0.3) is 0 Å². The third kappa shape index (κ3) is 3.18. The Morgan fingerprint density at radius 3 is 2.42 bits per heavy atom. The number of furan rings is 1. The summed E-state index contributed by atoms with van der Waals surface area (Å²) in [7, 11) is 0. The van der Waals surface area contributed by atoms with Gasteiger partial charge in [-0.3, -0.25) is 4.79 Å². The van der Waals surface area contributed by atoms with Crippen LogP contribution in [-0.2, 0) is 0 Å². The molecule has 0 fully saturated rings. The molecule has 3 nitrogen and oxygen atoms in total. The second-order valence-electron chi connectivity index (χ2n) is 4.57. The van der Waals surface area contributed by atoms with E-state index in [9.17, 15) is 4.79 Å². The molecule has 0 spiro atoms. The lowest BCUT2D eigenvalue weighted by Gasteiger charge is -2.14. The van der Waals surface area contributed by atoms with Gasteiger partial charge in [0.15, 0.2) is 0 Å². The first kappa shape index (κ1) is 13.7. The minimum absolute atomic E-state index is 0.0839. The van der Waals surface area contributed by atoms with Crippen molar-refractivity contribution in [1.29, 1.82) is 0 Å². The number of hydrogen-bond donors (Lipinski definition) is 1. The van der Waals surface area contributed by atoms with Crippen LogP contribution in [0.4, 0.5) is 0 Å². The maximum atomic E-state index is 12.1. The van der Waals surface area contributed by atoms with E-state index in [0.29, 0.717) is 16.3 Å². The molecule has 4 heteroatoms. The maximum absolute atomic E-state index is 12.1. The summed E-state index contributed by atoms with van der Waals surface area (Å²) in [6, 6.07) is 9.10. The molecule has 1 heterocycles. The van der Waals surface area contributed by atoms with Crippen LogP contribution in [0.1, 0.15) is 40.4 Å². The second-order valence-corrected chi connectivity index (χ2v) is 5.01. The van der Waals surface area contributed by atoms with E-state index in [1.807, 2.05) is 38.1 Å². The van der Waals surface area contributed by atoms with Crippen molar-refractivity contribution in [3.8, 4) is 0 Å².